The second-order valence-corrected chi connectivity index (χ2v) is 4.92. The fourth-order valence-electron chi connectivity index (χ4n) is 2.26. The van der Waals surface area contributed by atoms with Gasteiger partial charge < -0.3 is 14.8 Å². The van der Waals surface area contributed by atoms with Crippen molar-refractivity contribution in [1.29, 1.82) is 0 Å². The van der Waals surface area contributed by atoms with Gasteiger partial charge in [0.05, 0.1) is 37.2 Å². The molecule has 1 aromatic heterocycles. The quantitative estimate of drug-likeness (QED) is 0.886. The highest BCUT2D eigenvalue weighted by Crippen LogP contribution is 2.38. The van der Waals surface area contributed by atoms with Crippen LogP contribution in [0.15, 0.2) is 18.3 Å². The van der Waals surface area contributed by atoms with Crippen LogP contribution in [0, 0.1) is 0 Å². The van der Waals surface area contributed by atoms with Crippen LogP contribution in [0.3, 0.4) is 0 Å². The third-order valence-corrected chi connectivity index (χ3v) is 3.52. The summed E-state index contributed by atoms with van der Waals surface area (Å²) in [7, 11) is 5.01. The van der Waals surface area contributed by atoms with Gasteiger partial charge in [-0.25, -0.2) is 0 Å². The van der Waals surface area contributed by atoms with Gasteiger partial charge in [0.2, 0.25) is 0 Å². The summed E-state index contributed by atoms with van der Waals surface area (Å²) >= 11 is 6.29. The van der Waals surface area contributed by atoms with E-state index in [2.05, 4.69) is 15.6 Å². The van der Waals surface area contributed by atoms with E-state index in [-0.39, 0.29) is 6.04 Å². The predicted molar refractivity (Wildman–Crippen MR) is 81.1 cm³/mol. The van der Waals surface area contributed by atoms with E-state index >= 15 is 0 Å². The van der Waals surface area contributed by atoms with E-state index < -0.39 is 0 Å². The molecular weight excluding hydrogens is 292 g/mol. The van der Waals surface area contributed by atoms with E-state index in [4.69, 9.17) is 21.1 Å². The van der Waals surface area contributed by atoms with Crippen molar-refractivity contribution in [2.45, 2.75) is 13.0 Å². The van der Waals surface area contributed by atoms with Gasteiger partial charge >= 0.3 is 0 Å². The third kappa shape index (κ3) is 3.11. The molecule has 6 nitrogen and oxygen atoms in total. The molecule has 0 aliphatic heterocycles. The van der Waals surface area contributed by atoms with Gasteiger partial charge in [0.1, 0.15) is 0 Å². The molecule has 0 spiro atoms. The zero-order valence-corrected chi connectivity index (χ0v) is 13.3. The number of hydrogen-bond acceptors (Lipinski definition) is 5. The van der Waals surface area contributed by atoms with Crippen molar-refractivity contribution in [3.05, 3.63) is 34.6 Å². The molecule has 114 valence electrons. The Bertz CT molecular complexity index is 615. The number of halogens is 1. The van der Waals surface area contributed by atoms with Crippen molar-refractivity contribution in [3.63, 3.8) is 0 Å². The summed E-state index contributed by atoms with van der Waals surface area (Å²) in [6.45, 7) is 2.83. The second-order valence-electron chi connectivity index (χ2n) is 4.51. The van der Waals surface area contributed by atoms with Crippen molar-refractivity contribution in [3.8, 4) is 11.5 Å². The Morgan fingerprint density at radius 1 is 1.33 bits per heavy atom. The van der Waals surface area contributed by atoms with Crippen LogP contribution < -0.4 is 14.8 Å². The highest BCUT2D eigenvalue weighted by molar-refractivity contribution is 6.32. The predicted octanol–water partition coefficient (Wildman–Crippen LogP) is 2.18. The Morgan fingerprint density at radius 3 is 2.62 bits per heavy atom. The zero-order valence-electron chi connectivity index (χ0n) is 12.6. The molecule has 0 saturated carbocycles. The number of nitrogens with one attached hydrogen (secondary N) is 1. The van der Waals surface area contributed by atoms with Crippen LogP contribution in [-0.2, 0) is 7.05 Å². The lowest BCUT2D eigenvalue weighted by Crippen LogP contribution is -2.24. The van der Waals surface area contributed by atoms with Gasteiger partial charge in [-0.15, -0.1) is 5.10 Å². The first kappa shape index (κ1) is 15.6. The van der Waals surface area contributed by atoms with Gasteiger partial charge in [-0.3, -0.25) is 4.68 Å². The number of aryl methyl sites for hydroxylation is 1. The average molecular weight is 311 g/mol. The zero-order chi connectivity index (χ0) is 15.4. The highest BCUT2D eigenvalue weighted by atomic mass is 35.5. The summed E-state index contributed by atoms with van der Waals surface area (Å²) in [6, 6.07) is 3.70. The van der Waals surface area contributed by atoms with Gasteiger partial charge in [0.15, 0.2) is 11.5 Å². The Balaban J connectivity index is 2.51. The Labute approximate surface area is 129 Å². The number of aromatic nitrogens is 3. The van der Waals surface area contributed by atoms with E-state index in [1.165, 1.54) is 0 Å². The molecule has 0 aliphatic carbocycles. The van der Waals surface area contributed by atoms with Crippen molar-refractivity contribution in [1.82, 2.24) is 20.3 Å². The average Bonchev–Trinajstić information content (AvgIpc) is 2.89. The maximum atomic E-state index is 6.29. The molecule has 2 rings (SSSR count). The highest BCUT2D eigenvalue weighted by Gasteiger charge is 2.21. The number of nitrogens with zero attached hydrogens (tertiary/aromatic N) is 3. The molecule has 0 fully saturated rings. The Kier molecular flexibility index (Phi) is 5.03. The lowest BCUT2D eigenvalue weighted by Gasteiger charge is -2.20. The molecule has 0 amide bonds. The van der Waals surface area contributed by atoms with Crippen LogP contribution in [0.5, 0.6) is 11.5 Å². The van der Waals surface area contributed by atoms with E-state index in [1.807, 2.05) is 26.1 Å². The molecule has 1 aromatic carbocycles. The molecule has 1 N–H and O–H groups in total. The summed E-state index contributed by atoms with van der Waals surface area (Å²) in [6.07, 6.45) is 1.73. The van der Waals surface area contributed by atoms with Crippen molar-refractivity contribution in [2.24, 2.45) is 7.05 Å². The van der Waals surface area contributed by atoms with E-state index in [9.17, 15) is 0 Å². The fourth-order valence-corrected chi connectivity index (χ4v) is 2.56. The molecule has 1 atom stereocenters. The summed E-state index contributed by atoms with van der Waals surface area (Å²) < 4.78 is 12.4. The number of ether oxygens (including phenoxy) is 2. The molecule has 7 heteroatoms. The summed E-state index contributed by atoms with van der Waals surface area (Å²) in [5.74, 6) is 1.12. The minimum absolute atomic E-state index is 0.0766. The summed E-state index contributed by atoms with van der Waals surface area (Å²) in [5.41, 5.74) is 1.91. The van der Waals surface area contributed by atoms with Gasteiger partial charge in [0, 0.05) is 7.05 Å². The maximum Gasteiger partial charge on any atom is 0.179 e. The van der Waals surface area contributed by atoms with Crippen LogP contribution in [0.2, 0.25) is 5.02 Å². The van der Waals surface area contributed by atoms with Crippen molar-refractivity contribution in [2.75, 3.05) is 20.8 Å². The molecule has 0 radical (unpaired) electrons. The Morgan fingerprint density at radius 2 is 2.10 bits per heavy atom. The monoisotopic (exact) mass is 310 g/mol. The lowest BCUT2D eigenvalue weighted by atomic mass is 10.0. The van der Waals surface area contributed by atoms with Crippen LogP contribution in [0.1, 0.15) is 24.2 Å². The largest absolute Gasteiger partial charge is 0.493 e. The van der Waals surface area contributed by atoms with E-state index in [0.717, 1.165) is 17.8 Å². The maximum absolute atomic E-state index is 6.29. The SMILES string of the molecule is CCNC(c1cc(Cl)c(OC)c(OC)c1)c1cnnn1C. The molecule has 21 heavy (non-hydrogen) atoms. The number of hydrogen-bond donors (Lipinski definition) is 1. The van der Waals surface area contributed by atoms with Crippen LogP contribution in [-0.4, -0.2) is 35.8 Å². The third-order valence-electron chi connectivity index (χ3n) is 3.24. The minimum Gasteiger partial charge on any atom is -0.493 e. The molecule has 0 saturated heterocycles. The topological polar surface area (TPSA) is 61.2 Å². The number of methoxy groups -OCH3 is 2. The molecule has 0 aliphatic rings. The molecule has 1 heterocycles. The van der Waals surface area contributed by atoms with Crippen LogP contribution >= 0.6 is 11.6 Å². The fraction of sp³-hybridized carbons (Fsp3) is 0.429. The Hall–Kier alpha value is -1.79. The standard InChI is InChI=1S/C14H19ClN4O2/c1-5-16-13(11-8-17-18-19(11)2)9-6-10(15)14(21-4)12(7-9)20-3/h6-8,13,16H,5H2,1-4H3. The van der Waals surface area contributed by atoms with E-state index in [0.29, 0.717) is 16.5 Å². The summed E-state index contributed by atoms with van der Waals surface area (Å²) in [5, 5.41) is 11.8. The lowest BCUT2D eigenvalue weighted by molar-refractivity contribution is 0.354. The molecule has 2 aromatic rings. The van der Waals surface area contributed by atoms with E-state index in [1.54, 1.807) is 25.1 Å². The normalized spacial score (nSPS) is 12.2. The molecular formula is C14H19ClN4O2. The first-order valence-corrected chi connectivity index (χ1v) is 6.99. The smallest absolute Gasteiger partial charge is 0.179 e. The van der Waals surface area contributed by atoms with Crippen LogP contribution in [0.4, 0.5) is 0 Å². The molecule has 0 bridgehead atoms. The van der Waals surface area contributed by atoms with Gasteiger partial charge in [-0.2, -0.15) is 0 Å². The van der Waals surface area contributed by atoms with Crippen molar-refractivity contribution < 1.29 is 9.47 Å². The van der Waals surface area contributed by atoms with Gasteiger partial charge in [0.25, 0.3) is 0 Å². The van der Waals surface area contributed by atoms with Crippen molar-refractivity contribution >= 4 is 11.6 Å². The first-order valence-electron chi connectivity index (χ1n) is 6.61. The minimum atomic E-state index is -0.0766. The van der Waals surface area contributed by atoms with Crippen LogP contribution in [0.25, 0.3) is 0 Å². The van der Waals surface area contributed by atoms with Gasteiger partial charge in [-0.1, -0.05) is 23.7 Å². The second kappa shape index (κ2) is 6.78. The number of benzene rings is 1. The first-order chi connectivity index (χ1) is 10.1. The summed E-state index contributed by atoms with van der Waals surface area (Å²) in [4.78, 5) is 0. The van der Waals surface area contributed by atoms with Gasteiger partial charge in [-0.05, 0) is 24.2 Å². The molecule has 1 unspecified atom stereocenters. The number of rotatable bonds is 6.